The molecule has 3 N–H and O–H groups in total. The summed E-state index contributed by atoms with van der Waals surface area (Å²) in [5.74, 6) is 0.196. The second-order valence-corrected chi connectivity index (χ2v) is 5.20. The molecule has 102 valence electrons. The molecule has 0 aliphatic heterocycles. The maximum atomic E-state index is 9.48. The van der Waals surface area contributed by atoms with E-state index in [0.717, 1.165) is 16.3 Å². The molecule has 1 aromatic carbocycles. The lowest BCUT2D eigenvalue weighted by Gasteiger charge is -2.12. The highest BCUT2D eigenvalue weighted by Crippen LogP contribution is 2.30. The second-order valence-electron chi connectivity index (χ2n) is 4.04. The van der Waals surface area contributed by atoms with Crippen LogP contribution in [-0.2, 0) is 6.61 Å². The predicted molar refractivity (Wildman–Crippen MR) is 78.7 cm³/mol. The Kier molecular flexibility index (Phi) is 5.15. The molecule has 0 amide bonds. The van der Waals surface area contributed by atoms with Gasteiger partial charge in [0, 0.05) is 23.2 Å². The van der Waals surface area contributed by atoms with E-state index < -0.39 is 6.10 Å². The van der Waals surface area contributed by atoms with Crippen molar-refractivity contribution in [2.24, 2.45) is 0 Å². The number of thiazole rings is 1. The SMILES string of the molecule is OCc1csc(-c2ccccc2NCC(O)CCl)n1. The highest BCUT2D eigenvalue weighted by molar-refractivity contribution is 7.13. The van der Waals surface area contributed by atoms with E-state index in [1.54, 1.807) is 0 Å². The lowest BCUT2D eigenvalue weighted by molar-refractivity contribution is 0.211. The highest BCUT2D eigenvalue weighted by atomic mass is 35.5. The molecule has 4 nitrogen and oxygen atoms in total. The molecular weight excluding hydrogens is 284 g/mol. The number of nitrogens with one attached hydrogen (secondary N) is 1. The number of halogens is 1. The van der Waals surface area contributed by atoms with Crippen molar-refractivity contribution in [1.29, 1.82) is 0 Å². The highest BCUT2D eigenvalue weighted by Gasteiger charge is 2.10. The third kappa shape index (κ3) is 3.67. The summed E-state index contributed by atoms with van der Waals surface area (Å²) in [5.41, 5.74) is 2.51. The van der Waals surface area contributed by atoms with Crippen molar-refractivity contribution in [3.63, 3.8) is 0 Å². The number of hydrogen-bond donors (Lipinski definition) is 3. The fourth-order valence-electron chi connectivity index (χ4n) is 1.61. The van der Waals surface area contributed by atoms with Gasteiger partial charge in [0.25, 0.3) is 0 Å². The minimum absolute atomic E-state index is 0.0585. The fraction of sp³-hybridized carbons (Fsp3) is 0.308. The van der Waals surface area contributed by atoms with Crippen LogP contribution < -0.4 is 5.32 Å². The summed E-state index contributed by atoms with van der Waals surface area (Å²) in [7, 11) is 0. The summed E-state index contributed by atoms with van der Waals surface area (Å²) >= 11 is 7.05. The largest absolute Gasteiger partial charge is 0.390 e. The number of benzene rings is 1. The maximum Gasteiger partial charge on any atom is 0.125 e. The molecule has 0 fully saturated rings. The van der Waals surface area contributed by atoms with Crippen LogP contribution in [0.3, 0.4) is 0 Å². The quantitative estimate of drug-likeness (QED) is 0.716. The van der Waals surface area contributed by atoms with E-state index in [2.05, 4.69) is 10.3 Å². The zero-order valence-corrected chi connectivity index (χ0v) is 11.8. The number of anilines is 1. The first-order chi connectivity index (χ1) is 9.24. The molecule has 2 aromatic rings. The Morgan fingerprint density at radius 2 is 2.16 bits per heavy atom. The Balaban J connectivity index is 2.20. The zero-order valence-electron chi connectivity index (χ0n) is 10.2. The topological polar surface area (TPSA) is 65.4 Å². The molecule has 1 atom stereocenters. The van der Waals surface area contributed by atoms with E-state index >= 15 is 0 Å². The van der Waals surface area contributed by atoms with Gasteiger partial charge in [0.2, 0.25) is 0 Å². The van der Waals surface area contributed by atoms with Crippen LogP contribution in [0.4, 0.5) is 5.69 Å². The summed E-state index contributed by atoms with van der Waals surface area (Å²) in [6, 6.07) is 7.73. The van der Waals surface area contributed by atoms with Crippen molar-refractivity contribution in [3.8, 4) is 10.6 Å². The second kappa shape index (κ2) is 6.86. The molecule has 1 unspecified atom stereocenters. The first-order valence-electron chi connectivity index (χ1n) is 5.87. The van der Waals surface area contributed by atoms with E-state index in [9.17, 15) is 5.11 Å². The number of para-hydroxylation sites is 1. The minimum Gasteiger partial charge on any atom is -0.390 e. The van der Waals surface area contributed by atoms with Gasteiger partial charge in [-0.15, -0.1) is 22.9 Å². The fourth-order valence-corrected chi connectivity index (χ4v) is 2.57. The van der Waals surface area contributed by atoms with Crippen molar-refractivity contribution in [2.75, 3.05) is 17.7 Å². The number of nitrogens with zero attached hydrogens (tertiary/aromatic N) is 1. The van der Waals surface area contributed by atoms with E-state index in [1.165, 1.54) is 11.3 Å². The van der Waals surface area contributed by atoms with Crippen LogP contribution in [0.1, 0.15) is 5.69 Å². The molecule has 19 heavy (non-hydrogen) atoms. The number of hydrogen-bond acceptors (Lipinski definition) is 5. The monoisotopic (exact) mass is 298 g/mol. The average molecular weight is 299 g/mol. The first-order valence-corrected chi connectivity index (χ1v) is 7.28. The molecule has 1 heterocycles. The van der Waals surface area contributed by atoms with Crippen LogP contribution in [0.5, 0.6) is 0 Å². The van der Waals surface area contributed by atoms with Crippen LogP contribution in [-0.4, -0.2) is 33.7 Å². The average Bonchev–Trinajstić information content (AvgIpc) is 2.93. The van der Waals surface area contributed by atoms with E-state index in [-0.39, 0.29) is 12.5 Å². The van der Waals surface area contributed by atoms with Crippen molar-refractivity contribution in [1.82, 2.24) is 4.98 Å². The van der Waals surface area contributed by atoms with Gasteiger partial charge >= 0.3 is 0 Å². The molecule has 0 aliphatic carbocycles. The van der Waals surface area contributed by atoms with Crippen LogP contribution >= 0.6 is 22.9 Å². The van der Waals surface area contributed by atoms with Gasteiger partial charge in [0.05, 0.1) is 24.3 Å². The van der Waals surface area contributed by atoms with Crippen molar-refractivity contribution in [2.45, 2.75) is 12.7 Å². The van der Waals surface area contributed by atoms with E-state index in [4.69, 9.17) is 16.7 Å². The number of alkyl halides is 1. The van der Waals surface area contributed by atoms with Gasteiger partial charge in [-0.05, 0) is 12.1 Å². The molecule has 2 rings (SSSR count). The van der Waals surface area contributed by atoms with Crippen LogP contribution in [0.15, 0.2) is 29.6 Å². The first kappa shape index (κ1) is 14.3. The smallest absolute Gasteiger partial charge is 0.125 e. The molecule has 0 saturated heterocycles. The molecule has 0 radical (unpaired) electrons. The summed E-state index contributed by atoms with van der Waals surface area (Å²) < 4.78 is 0. The summed E-state index contributed by atoms with van der Waals surface area (Å²) in [4.78, 5) is 4.35. The van der Waals surface area contributed by atoms with Gasteiger partial charge < -0.3 is 15.5 Å². The number of aromatic nitrogens is 1. The number of rotatable bonds is 6. The van der Waals surface area contributed by atoms with Crippen LogP contribution in [0, 0.1) is 0 Å². The van der Waals surface area contributed by atoms with Gasteiger partial charge in [-0.1, -0.05) is 12.1 Å². The lowest BCUT2D eigenvalue weighted by Crippen LogP contribution is -2.20. The normalized spacial score (nSPS) is 12.4. The van der Waals surface area contributed by atoms with E-state index in [0.29, 0.717) is 12.2 Å². The molecule has 0 aliphatic rings. The zero-order chi connectivity index (χ0) is 13.7. The minimum atomic E-state index is -0.584. The van der Waals surface area contributed by atoms with E-state index in [1.807, 2.05) is 29.6 Å². The Morgan fingerprint density at radius 1 is 1.37 bits per heavy atom. The molecule has 1 aromatic heterocycles. The molecule has 0 bridgehead atoms. The Morgan fingerprint density at radius 3 is 2.84 bits per heavy atom. The molecule has 6 heteroatoms. The van der Waals surface area contributed by atoms with Crippen molar-refractivity contribution >= 4 is 28.6 Å². The number of aliphatic hydroxyl groups is 2. The molecule has 0 spiro atoms. The standard InChI is InChI=1S/C13H15ClN2O2S/c14-5-10(18)6-15-12-4-2-1-3-11(12)13-16-9(7-17)8-19-13/h1-4,8,10,15,17-18H,5-7H2. The van der Waals surface area contributed by atoms with Gasteiger partial charge in [0.15, 0.2) is 0 Å². The van der Waals surface area contributed by atoms with Gasteiger partial charge in [0.1, 0.15) is 5.01 Å². The van der Waals surface area contributed by atoms with Crippen LogP contribution in [0.2, 0.25) is 0 Å². The van der Waals surface area contributed by atoms with Gasteiger partial charge in [-0.25, -0.2) is 4.98 Å². The summed E-state index contributed by atoms with van der Waals surface area (Å²) in [6.45, 7) is 0.329. The van der Waals surface area contributed by atoms with Crippen LogP contribution in [0.25, 0.3) is 10.6 Å². The summed E-state index contributed by atoms with van der Waals surface area (Å²) in [5, 5.41) is 24.4. The van der Waals surface area contributed by atoms with Crippen molar-refractivity contribution < 1.29 is 10.2 Å². The Bertz CT molecular complexity index is 533. The Hall–Kier alpha value is -1.14. The Labute approximate surface area is 120 Å². The third-order valence-corrected chi connectivity index (χ3v) is 3.86. The van der Waals surface area contributed by atoms with Gasteiger partial charge in [-0.3, -0.25) is 0 Å². The third-order valence-electron chi connectivity index (χ3n) is 2.58. The molecular formula is C13H15ClN2O2S. The van der Waals surface area contributed by atoms with Crippen molar-refractivity contribution in [3.05, 3.63) is 35.3 Å². The predicted octanol–water partition coefficient (Wildman–Crippen LogP) is 2.31. The lowest BCUT2D eigenvalue weighted by atomic mass is 10.2. The number of aliphatic hydroxyl groups excluding tert-OH is 2. The van der Waals surface area contributed by atoms with Gasteiger partial charge in [-0.2, -0.15) is 0 Å². The summed E-state index contributed by atoms with van der Waals surface area (Å²) in [6.07, 6.45) is -0.584. The molecule has 0 saturated carbocycles. The maximum absolute atomic E-state index is 9.48.